The Balaban J connectivity index is 1.95. The van der Waals surface area contributed by atoms with Crippen molar-refractivity contribution in [3.05, 3.63) is 53.1 Å². The van der Waals surface area contributed by atoms with Gasteiger partial charge in [-0.25, -0.2) is 5.43 Å². The fraction of sp³-hybridized carbons (Fsp3) is 0.200. The topological polar surface area (TPSA) is 129 Å². The van der Waals surface area contributed by atoms with E-state index in [1.807, 2.05) is 19.9 Å². The van der Waals surface area contributed by atoms with Gasteiger partial charge in [-0.05, 0) is 60.9 Å². The molecule has 2 amide bonds. The minimum absolute atomic E-state index is 0.214. The van der Waals surface area contributed by atoms with Crippen LogP contribution in [0.4, 0.5) is 5.69 Å². The summed E-state index contributed by atoms with van der Waals surface area (Å²) in [6.07, 6.45) is 1.30. The number of hydrogen-bond acceptors (Lipinski definition) is 7. The van der Waals surface area contributed by atoms with Crippen molar-refractivity contribution in [3.8, 4) is 11.5 Å². The summed E-state index contributed by atoms with van der Waals surface area (Å²) in [6, 6.07) is 9.88. The Morgan fingerprint density at radius 3 is 2.45 bits per heavy atom. The minimum atomic E-state index is -1.36. The number of carboxylic acids is 1. The maximum absolute atomic E-state index is 11.9. The van der Waals surface area contributed by atoms with Crippen LogP contribution in [0.3, 0.4) is 0 Å². The van der Waals surface area contributed by atoms with Crippen LogP contribution in [0.1, 0.15) is 16.7 Å². The number of carbonyl (C=O) groups is 3. The summed E-state index contributed by atoms with van der Waals surface area (Å²) < 4.78 is 10.2. The molecule has 2 N–H and O–H groups in total. The van der Waals surface area contributed by atoms with Crippen LogP contribution in [0, 0.1) is 13.8 Å². The number of benzene rings is 2. The second kappa shape index (κ2) is 9.88. The van der Waals surface area contributed by atoms with Crippen LogP contribution in [0.25, 0.3) is 0 Å². The molecule has 0 spiro atoms. The van der Waals surface area contributed by atoms with Gasteiger partial charge in [-0.2, -0.15) is 5.10 Å². The number of rotatable bonds is 7. The average molecular weight is 398 g/mol. The Kier molecular flexibility index (Phi) is 7.30. The molecule has 0 aliphatic carbocycles. The third-order valence-electron chi connectivity index (χ3n) is 3.88. The Bertz CT molecular complexity index is 955. The van der Waals surface area contributed by atoms with Gasteiger partial charge < -0.3 is 24.7 Å². The summed E-state index contributed by atoms with van der Waals surface area (Å²) in [5.41, 5.74) is 5.22. The van der Waals surface area contributed by atoms with Crippen LogP contribution in [0.2, 0.25) is 0 Å². The second-order valence-corrected chi connectivity index (χ2v) is 6.02. The van der Waals surface area contributed by atoms with Gasteiger partial charge in [0, 0.05) is 5.69 Å². The van der Waals surface area contributed by atoms with Gasteiger partial charge in [-0.1, -0.05) is 6.07 Å². The third-order valence-corrected chi connectivity index (χ3v) is 3.88. The number of aliphatic carboxylic acids is 1. The number of nitrogens with zero attached hydrogens (tertiary/aromatic N) is 1. The molecule has 0 aromatic heterocycles. The van der Waals surface area contributed by atoms with Gasteiger partial charge >= 0.3 is 11.8 Å². The van der Waals surface area contributed by atoms with E-state index in [1.165, 1.54) is 25.5 Å². The summed E-state index contributed by atoms with van der Waals surface area (Å²) >= 11 is 0. The van der Waals surface area contributed by atoms with E-state index in [0.29, 0.717) is 11.3 Å². The van der Waals surface area contributed by atoms with E-state index in [4.69, 9.17) is 9.47 Å². The number of aryl methyl sites for hydroxylation is 2. The van der Waals surface area contributed by atoms with E-state index in [0.717, 1.165) is 11.1 Å². The first-order valence-electron chi connectivity index (χ1n) is 8.52. The van der Waals surface area contributed by atoms with Crippen molar-refractivity contribution in [2.45, 2.75) is 13.8 Å². The van der Waals surface area contributed by atoms with Gasteiger partial charge in [-0.3, -0.25) is 9.59 Å². The molecular formula is C20H20N3O6-. The molecule has 0 aliphatic heterocycles. The zero-order valence-corrected chi connectivity index (χ0v) is 16.1. The summed E-state index contributed by atoms with van der Waals surface area (Å²) in [5, 5.41) is 16.7. The molecule has 0 heterocycles. The van der Waals surface area contributed by atoms with Crippen LogP contribution < -0.4 is 25.3 Å². The van der Waals surface area contributed by atoms with Crippen LogP contribution in [-0.4, -0.2) is 37.7 Å². The lowest BCUT2D eigenvalue weighted by molar-refractivity contribution is -0.307. The van der Waals surface area contributed by atoms with Crippen molar-refractivity contribution in [2.24, 2.45) is 5.10 Å². The maximum atomic E-state index is 11.9. The van der Waals surface area contributed by atoms with Crippen LogP contribution in [0.5, 0.6) is 11.5 Å². The molecule has 2 aromatic rings. The number of carboxylic acid groups (broad SMARTS) is 1. The SMILES string of the molecule is COc1cc(/C=N\NC(=O)C(=O)Nc2ccc(C)c(C)c2)ccc1OCC(=O)[O-]. The Hall–Kier alpha value is -3.88. The highest BCUT2D eigenvalue weighted by Gasteiger charge is 2.13. The number of ether oxygens (including phenoxy) is 2. The van der Waals surface area contributed by atoms with Gasteiger partial charge in [0.05, 0.1) is 19.3 Å². The van der Waals surface area contributed by atoms with Crippen molar-refractivity contribution >= 4 is 29.7 Å². The molecule has 0 saturated heterocycles. The first-order chi connectivity index (χ1) is 13.8. The molecule has 9 nitrogen and oxygen atoms in total. The quantitative estimate of drug-likeness (QED) is 0.398. The van der Waals surface area contributed by atoms with E-state index in [2.05, 4.69) is 15.8 Å². The Morgan fingerprint density at radius 2 is 1.79 bits per heavy atom. The summed E-state index contributed by atoms with van der Waals surface area (Å²) in [5.74, 6) is -2.66. The fourth-order valence-electron chi connectivity index (χ4n) is 2.24. The van der Waals surface area contributed by atoms with E-state index >= 15 is 0 Å². The van der Waals surface area contributed by atoms with Gasteiger partial charge in [0.1, 0.15) is 6.61 Å². The maximum Gasteiger partial charge on any atom is 0.329 e. The number of anilines is 1. The number of hydrogen-bond donors (Lipinski definition) is 2. The molecule has 29 heavy (non-hydrogen) atoms. The molecule has 0 bridgehead atoms. The predicted octanol–water partition coefficient (Wildman–Crippen LogP) is 0.530. The lowest BCUT2D eigenvalue weighted by Crippen LogP contribution is -2.32. The first kappa shape index (κ1) is 21.4. The third kappa shape index (κ3) is 6.35. The van der Waals surface area contributed by atoms with Gasteiger partial charge in [0.15, 0.2) is 11.5 Å². The average Bonchev–Trinajstić information content (AvgIpc) is 2.69. The standard InChI is InChI=1S/C20H21N3O6/c1-12-4-6-15(8-13(12)2)22-19(26)20(27)23-21-10-14-5-7-16(17(9-14)28-3)29-11-18(24)25/h4-10H,11H2,1-3H3,(H,22,26)(H,23,27)(H,24,25)/p-1/b21-10-. The van der Waals surface area contributed by atoms with Crippen LogP contribution in [0.15, 0.2) is 41.5 Å². The van der Waals surface area contributed by atoms with Crippen molar-refractivity contribution in [1.82, 2.24) is 5.43 Å². The molecule has 0 atom stereocenters. The lowest BCUT2D eigenvalue weighted by atomic mass is 10.1. The zero-order chi connectivity index (χ0) is 21.4. The molecule has 0 saturated carbocycles. The summed E-state index contributed by atoms with van der Waals surface area (Å²) in [7, 11) is 1.39. The molecule has 2 aromatic carbocycles. The fourth-order valence-corrected chi connectivity index (χ4v) is 2.24. The van der Waals surface area contributed by atoms with Crippen molar-refractivity contribution < 1.29 is 29.0 Å². The molecule has 152 valence electrons. The highest BCUT2D eigenvalue weighted by molar-refractivity contribution is 6.39. The number of nitrogens with one attached hydrogen (secondary N) is 2. The summed E-state index contributed by atoms with van der Waals surface area (Å²) in [6.45, 7) is 3.23. The van der Waals surface area contributed by atoms with Gasteiger partial charge in [-0.15, -0.1) is 0 Å². The summed E-state index contributed by atoms with van der Waals surface area (Å²) in [4.78, 5) is 34.3. The number of methoxy groups -OCH3 is 1. The van der Waals surface area contributed by atoms with Crippen molar-refractivity contribution in [3.63, 3.8) is 0 Å². The number of amides is 2. The molecule has 0 aliphatic rings. The normalized spacial score (nSPS) is 10.4. The highest BCUT2D eigenvalue weighted by atomic mass is 16.5. The molecule has 0 radical (unpaired) electrons. The van der Waals surface area contributed by atoms with Crippen molar-refractivity contribution in [2.75, 3.05) is 19.0 Å². The molecule has 9 heteroatoms. The lowest BCUT2D eigenvalue weighted by Gasteiger charge is -2.11. The largest absolute Gasteiger partial charge is 0.546 e. The van der Waals surface area contributed by atoms with E-state index in [9.17, 15) is 19.5 Å². The smallest absolute Gasteiger partial charge is 0.329 e. The van der Waals surface area contributed by atoms with Gasteiger partial charge in [0.2, 0.25) is 0 Å². The van der Waals surface area contributed by atoms with E-state index in [1.54, 1.807) is 18.2 Å². The highest BCUT2D eigenvalue weighted by Crippen LogP contribution is 2.27. The monoisotopic (exact) mass is 398 g/mol. The first-order valence-corrected chi connectivity index (χ1v) is 8.52. The van der Waals surface area contributed by atoms with Gasteiger partial charge in [0.25, 0.3) is 0 Å². The number of carbonyl (C=O) groups excluding carboxylic acids is 3. The molecule has 2 rings (SSSR count). The molecule has 0 fully saturated rings. The molecular weight excluding hydrogens is 378 g/mol. The Labute approximate surface area is 167 Å². The Morgan fingerprint density at radius 1 is 1.03 bits per heavy atom. The van der Waals surface area contributed by atoms with Crippen LogP contribution >= 0.6 is 0 Å². The van der Waals surface area contributed by atoms with E-state index < -0.39 is 24.4 Å². The van der Waals surface area contributed by atoms with Crippen LogP contribution in [-0.2, 0) is 14.4 Å². The minimum Gasteiger partial charge on any atom is -0.546 e. The van der Waals surface area contributed by atoms with Crippen molar-refractivity contribution in [1.29, 1.82) is 0 Å². The predicted molar refractivity (Wildman–Crippen MR) is 104 cm³/mol. The number of hydrazone groups is 1. The second-order valence-electron chi connectivity index (χ2n) is 6.02. The van der Waals surface area contributed by atoms with E-state index in [-0.39, 0.29) is 11.5 Å². The molecule has 0 unspecified atom stereocenters. The zero-order valence-electron chi connectivity index (χ0n) is 16.1.